The van der Waals surface area contributed by atoms with Gasteiger partial charge in [0.25, 0.3) is 0 Å². The van der Waals surface area contributed by atoms with E-state index in [0.717, 1.165) is 6.67 Å². The third-order valence-corrected chi connectivity index (χ3v) is 3.20. The summed E-state index contributed by atoms with van der Waals surface area (Å²) in [5.74, 6) is 1.32. The molecule has 0 spiro atoms. The fourth-order valence-corrected chi connectivity index (χ4v) is 2.59. The molecule has 1 heterocycles. The maximum absolute atomic E-state index is 2.42. The highest BCUT2D eigenvalue weighted by Crippen LogP contribution is 2.28. The van der Waals surface area contributed by atoms with Gasteiger partial charge in [0.1, 0.15) is 0 Å². The van der Waals surface area contributed by atoms with E-state index in [2.05, 4.69) is 51.6 Å². The second-order valence-electron chi connectivity index (χ2n) is 5.39. The third-order valence-electron chi connectivity index (χ3n) is 3.20. The molecule has 0 N–H and O–H groups in total. The Labute approximate surface area is 109 Å². The van der Waals surface area contributed by atoms with E-state index in [0.29, 0.717) is 11.8 Å². The van der Waals surface area contributed by atoms with E-state index in [-0.39, 0.29) is 0 Å². The molecule has 0 atom stereocenters. The van der Waals surface area contributed by atoms with Gasteiger partial charge in [0.2, 0.25) is 0 Å². The van der Waals surface area contributed by atoms with Crippen molar-refractivity contribution >= 4 is 0 Å². The van der Waals surface area contributed by atoms with Crippen LogP contribution in [-0.2, 0) is 0 Å². The van der Waals surface area contributed by atoms with Crippen LogP contribution in [0.3, 0.4) is 0 Å². The Morgan fingerprint density at radius 1 is 0.941 bits per heavy atom. The fourth-order valence-electron chi connectivity index (χ4n) is 2.59. The zero-order chi connectivity index (χ0) is 13.6. The lowest BCUT2D eigenvalue weighted by molar-refractivity contribution is 0.219. The Kier molecular flexibility index (Phi) is 7.53. The molecule has 0 fully saturated rings. The molecule has 0 aromatic carbocycles. The van der Waals surface area contributed by atoms with Crippen LogP contribution in [0.25, 0.3) is 0 Å². The highest BCUT2D eigenvalue weighted by Gasteiger charge is 2.21. The minimum Gasteiger partial charge on any atom is -0.365 e. The average molecular weight is 240 g/mol. The molecule has 2 heteroatoms. The number of hydrogen-bond donors (Lipinski definition) is 0. The van der Waals surface area contributed by atoms with Crippen molar-refractivity contribution in [1.82, 2.24) is 9.80 Å². The Bertz CT molecular complexity index is 241. The first-order valence-electron chi connectivity index (χ1n) is 7.06. The minimum atomic E-state index is 0.638. The summed E-state index contributed by atoms with van der Waals surface area (Å²) in [5, 5.41) is 0. The molecule has 0 saturated carbocycles. The Balaban J connectivity index is 0.00000121. The monoisotopic (exact) mass is 240 g/mol. The van der Waals surface area contributed by atoms with Crippen LogP contribution in [-0.4, -0.2) is 37.1 Å². The normalized spacial score (nSPS) is 18.4. The van der Waals surface area contributed by atoms with Crippen molar-refractivity contribution in [3.05, 3.63) is 11.3 Å². The standard InChI is InChI=1S/C13H26N2.C2H6/c1-10(2)12-7-8-14(5)9-15(6)13(12)11(3)4;1-2/h10-11H,7-9H2,1-6H3;1-2H3. The van der Waals surface area contributed by atoms with Gasteiger partial charge in [-0.05, 0) is 30.9 Å². The molecule has 0 aromatic rings. The van der Waals surface area contributed by atoms with Gasteiger partial charge in [0, 0.05) is 19.3 Å². The largest absolute Gasteiger partial charge is 0.365 e. The summed E-state index contributed by atoms with van der Waals surface area (Å²) in [4.78, 5) is 4.82. The van der Waals surface area contributed by atoms with Gasteiger partial charge in [-0.2, -0.15) is 0 Å². The molecule has 0 bridgehead atoms. The van der Waals surface area contributed by atoms with E-state index in [1.165, 1.54) is 13.0 Å². The molecule has 0 saturated heterocycles. The summed E-state index contributed by atoms with van der Waals surface area (Å²) in [7, 11) is 4.43. The lowest BCUT2D eigenvalue weighted by atomic mass is 9.92. The highest BCUT2D eigenvalue weighted by atomic mass is 15.3. The van der Waals surface area contributed by atoms with Crippen molar-refractivity contribution in [3.8, 4) is 0 Å². The van der Waals surface area contributed by atoms with Crippen molar-refractivity contribution in [1.29, 1.82) is 0 Å². The highest BCUT2D eigenvalue weighted by molar-refractivity contribution is 5.18. The van der Waals surface area contributed by atoms with Crippen LogP contribution in [0.4, 0.5) is 0 Å². The minimum absolute atomic E-state index is 0.638. The van der Waals surface area contributed by atoms with Crippen LogP contribution in [0.5, 0.6) is 0 Å². The first-order chi connectivity index (χ1) is 7.93. The number of nitrogens with zero attached hydrogens (tertiary/aromatic N) is 2. The Morgan fingerprint density at radius 2 is 1.47 bits per heavy atom. The molecule has 2 nitrogen and oxygen atoms in total. The van der Waals surface area contributed by atoms with E-state index in [4.69, 9.17) is 0 Å². The fraction of sp³-hybridized carbons (Fsp3) is 0.867. The SMILES string of the molecule is CC.CC(C)C1=C(C(C)C)N(C)CN(C)CC1. The molecule has 1 aliphatic heterocycles. The lowest BCUT2D eigenvalue weighted by Gasteiger charge is -2.29. The molecule has 0 radical (unpaired) electrons. The predicted octanol–water partition coefficient (Wildman–Crippen LogP) is 3.80. The molecule has 102 valence electrons. The summed E-state index contributed by atoms with van der Waals surface area (Å²) in [6.07, 6.45) is 1.23. The second kappa shape index (κ2) is 7.75. The van der Waals surface area contributed by atoms with E-state index >= 15 is 0 Å². The number of allylic oxidation sites excluding steroid dienone is 1. The molecule has 0 aromatic heterocycles. The van der Waals surface area contributed by atoms with Crippen molar-refractivity contribution in [2.45, 2.75) is 48.0 Å². The zero-order valence-corrected chi connectivity index (χ0v) is 13.2. The second-order valence-corrected chi connectivity index (χ2v) is 5.39. The van der Waals surface area contributed by atoms with Crippen LogP contribution in [0.1, 0.15) is 48.0 Å². The lowest BCUT2D eigenvalue weighted by Crippen LogP contribution is -2.32. The Morgan fingerprint density at radius 3 is 1.88 bits per heavy atom. The number of hydrogen-bond acceptors (Lipinski definition) is 2. The van der Waals surface area contributed by atoms with Crippen molar-refractivity contribution in [2.24, 2.45) is 11.8 Å². The van der Waals surface area contributed by atoms with Crippen molar-refractivity contribution in [3.63, 3.8) is 0 Å². The average Bonchev–Trinajstić information content (AvgIpc) is 2.39. The maximum Gasteiger partial charge on any atom is 0.0698 e. The van der Waals surface area contributed by atoms with Gasteiger partial charge in [0.05, 0.1) is 6.67 Å². The van der Waals surface area contributed by atoms with Gasteiger partial charge >= 0.3 is 0 Å². The summed E-state index contributed by atoms with van der Waals surface area (Å²) in [5.41, 5.74) is 3.21. The summed E-state index contributed by atoms with van der Waals surface area (Å²) in [6.45, 7) is 15.5. The first-order valence-corrected chi connectivity index (χ1v) is 7.06. The van der Waals surface area contributed by atoms with Crippen molar-refractivity contribution in [2.75, 3.05) is 27.3 Å². The number of rotatable bonds is 2. The van der Waals surface area contributed by atoms with Gasteiger partial charge in [-0.25, -0.2) is 0 Å². The molecule has 0 aliphatic carbocycles. The van der Waals surface area contributed by atoms with E-state index in [1.807, 2.05) is 13.8 Å². The van der Waals surface area contributed by atoms with Crippen LogP contribution in [0.2, 0.25) is 0 Å². The van der Waals surface area contributed by atoms with Gasteiger partial charge in [-0.15, -0.1) is 0 Å². The third kappa shape index (κ3) is 4.71. The van der Waals surface area contributed by atoms with Crippen LogP contribution >= 0.6 is 0 Å². The van der Waals surface area contributed by atoms with Gasteiger partial charge < -0.3 is 4.90 Å². The van der Waals surface area contributed by atoms with Crippen molar-refractivity contribution < 1.29 is 0 Å². The van der Waals surface area contributed by atoms with Crippen LogP contribution < -0.4 is 0 Å². The maximum atomic E-state index is 2.42. The van der Waals surface area contributed by atoms with E-state index in [1.54, 1.807) is 11.3 Å². The smallest absolute Gasteiger partial charge is 0.0698 e. The summed E-state index contributed by atoms with van der Waals surface area (Å²) >= 11 is 0. The molecule has 1 aliphatic rings. The van der Waals surface area contributed by atoms with Gasteiger partial charge in [-0.3, -0.25) is 4.90 Å². The Hall–Kier alpha value is -0.500. The molecular weight excluding hydrogens is 208 g/mol. The van der Waals surface area contributed by atoms with Crippen LogP contribution in [0, 0.1) is 11.8 Å². The quantitative estimate of drug-likeness (QED) is 0.724. The van der Waals surface area contributed by atoms with Crippen LogP contribution in [0.15, 0.2) is 11.3 Å². The molecule has 1 rings (SSSR count). The predicted molar refractivity (Wildman–Crippen MR) is 77.9 cm³/mol. The summed E-state index contributed by atoms with van der Waals surface area (Å²) in [6, 6.07) is 0. The van der Waals surface area contributed by atoms with E-state index < -0.39 is 0 Å². The van der Waals surface area contributed by atoms with Gasteiger partial charge in [0.15, 0.2) is 0 Å². The topological polar surface area (TPSA) is 6.48 Å². The molecule has 17 heavy (non-hydrogen) atoms. The van der Waals surface area contributed by atoms with Gasteiger partial charge in [-0.1, -0.05) is 41.5 Å². The van der Waals surface area contributed by atoms with E-state index in [9.17, 15) is 0 Å². The molecule has 0 amide bonds. The zero-order valence-electron chi connectivity index (χ0n) is 13.2. The first kappa shape index (κ1) is 16.5. The molecular formula is C15H32N2. The summed E-state index contributed by atoms with van der Waals surface area (Å²) < 4.78 is 0. The molecule has 0 unspecified atom stereocenters.